The molecule has 144 valence electrons. The van der Waals surface area contributed by atoms with Crippen LogP contribution in [0.1, 0.15) is 34.1 Å². The fourth-order valence-electron chi connectivity index (χ4n) is 2.74. The molecular formula is C20H16Cl2N2O3S. The Labute approximate surface area is 176 Å². The molecule has 3 aromatic rings. The Kier molecular flexibility index (Phi) is 6.34. The topological polar surface area (TPSA) is 79.3 Å². The van der Waals surface area contributed by atoms with Gasteiger partial charge in [0.05, 0.1) is 12.5 Å². The first-order valence-electron chi connectivity index (χ1n) is 8.34. The molecule has 1 heterocycles. The molecule has 1 aromatic heterocycles. The lowest BCUT2D eigenvalue weighted by atomic mass is 10.0. The first-order chi connectivity index (χ1) is 13.3. The highest BCUT2D eigenvalue weighted by Crippen LogP contribution is 2.30. The maximum Gasteiger partial charge on any atom is 0.305 e. The molecule has 0 saturated carbocycles. The Balaban J connectivity index is 1.84. The number of benzene rings is 2. The molecule has 3 rings (SSSR count). The van der Waals surface area contributed by atoms with E-state index in [0.717, 1.165) is 16.1 Å². The Hall–Kier alpha value is -2.41. The van der Waals surface area contributed by atoms with Gasteiger partial charge in [0.2, 0.25) is 0 Å². The van der Waals surface area contributed by atoms with Crippen molar-refractivity contribution in [3.8, 4) is 10.6 Å². The summed E-state index contributed by atoms with van der Waals surface area (Å²) < 4.78 is 0. The van der Waals surface area contributed by atoms with E-state index in [4.69, 9.17) is 23.2 Å². The summed E-state index contributed by atoms with van der Waals surface area (Å²) >= 11 is 13.5. The van der Waals surface area contributed by atoms with E-state index in [1.807, 2.05) is 31.2 Å². The van der Waals surface area contributed by atoms with Gasteiger partial charge in [-0.3, -0.25) is 9.59 Å². The number of amides is 1. The molecule has 0 aliphatic rings. The van der Waals surface area contributed by atoms with Crippen molar-refractivity contribution in [2.75, 3.05) is 0 Å². The number of hydrogen-bond donors (Lipinski definition) is 2. The molecule has 0 saturated heterocycles. The summed E-state index contributed by atoms with van der Waals surface area (Å²) in [6.07, 6.45) is -0.318. The van der Waals surface area contributed by atoms with Crippen LogP contribution in [0.2, 0.25) is 10.0 Å². The third-order valence-electron chi connectivity index (χ3n) is 4.13. The smallest absolute Gasteiger partial charge is 0.305 e. The predicted octanol–water partition coefficient (Wildman–Crippen LogP) is 5.37. The largest absolute Gasteiger partial charge is 0.481 e. The van der Waals surface area contributed by atoms with Crippen LogP contribution in [0.5, 0.6) is 0 Å². The maximum absolute atomic E-state index is 12.7. The Morgan fingerprint density at radius 1 is 1.21 bits per heavy atom. The fourth-order valence-corrected chi connectivity index (χ4v) is 4.17. The zero-order chi connectivity index (χ0) is 20.3. The first-order valence-corrected chi connectivity index (χ1v) is 9.98. The lowest BCUT2D eigenvalue weighted by Crippen LogP contribution is -2.30. The number of carboxylic acid groups (broad SMARTS) is 1. The summed E-state index contributed by atoms with van der Waals surface area (Å²) in [5, 5.41) is 15.0. The molecule has 2 N–H and O–H groups in total. The third kappa shape index (κ3) is 4.70. The van der Waals surface area contributed by atoms with Gasteiger partial charge in [0.1, 0.15) is 10.7 Å². The zero-order valence-electron chi connectivity index (χ0n) is 14.8. The number of aryl methyl sites for hydroxylation is 1. The molecule has 5 nitrogen and oxygen atoms in total. The van der Waals surface area contributed by atoms with Gasteiger partial charge < -0.3 is 10.4 Å². The van der Waals surface area contributed by atoms with Crippen molar-refractivity contribution in [3.05, 3.63) is 74.7 Å². The van der Waals surface area contributed by atoms with Crippen molar-refractivity contribution in [2.24, 2.45) is 0 Å². The number of carboxylic acids is 1. The van der Waals surface area contributed by atoms with Crippen LogP contribution in [0.3, 0.4) is 0 Å². The number of carbonyl (C=O) groups is 2. The van der Waals surface area contributed by atoms with Crippen LogP contribution in [-0.2, 0) is 4.79 Å². The van der Waals surface area contributed by atoms with E-state index in [9.17, 15) is 14.7 Å². The maximum atomic E-state index is 12.7. The van der Waals surface area contributed by atoms with Crippen molar-refractivity contribution in [1.29, 1.82) is 0 Å². The number of nitrogens with zero attached hydrogens (tertiary/aromatic N) is 1. The lowest BCUT2D eigenvalue weighted by molar-refractivity contribution is -0.137. The van der Waals surface area contributed by atoms with Gasteiger partial charge in [-0.25, -0.2) is 4.98 Å². The van der Waals surface area contributed by atoms with Crippen molar-refractivity contribution in [1.82, 2.24) is 10.3 Å². The summed E-state index contributed by atoms with van der Waals surface area (Å²) in [5.74, 6) is -1.52. The second-order valence-corrected chi connectivity index (χ2v) is 7.84. The number of aromatic nitrogens is 1. The van der Waals surface area contributed by atoms with Crippen LogP contribution in [0.25, 0.3) is 10.6 Å². The van der Waals surface area contributed by atoms with Gasteiger partial charge in [-0.1, -0.05) is 53.5 Å². The van der Waals surface area contributed by atoms with Crippen LogP contribution in [0.4, 0.5) is 0 Å². The number of aliphatic carboxylic acids is 1. The molecule has 0 unspecified atom stereocenters. The average molecular weight is 435 g/mol. The highest BCUT2D eigenvalue weighted by molar-refractivity contribution is 7.13. The quantitative estimate of drug-likeness (QED) is 0.546. The SMILES string of the molecule is Cc1ccccc1-c1nc(C(=O)N[C@@H](CC(=O)O)c2ccc(Cl)cc2Cl)cs1. The fraction of sp³-hybridized carbons (Fsp3) is 0.150. The van der Waals surface area contributed by atoms with E-state index in [2.05, 4.69) is 10.3 Å². The van der Waals surface area contributed by atoms with Gasteiger partial charge >= 0.3 is 5.97 Å². The summed E-state index contributed by atoms with van der Waals surface area (Å²) in [7, 11) is 0. The highest BCUT2D eigenvalue weighted by Gasteiger charge is 2.23. The van der Waals surface area contributed by atoms with Crippen molar-refractivity contribution < 1.29 is 14.7 Å². The number of halogens is 2. The molecule has 2 aromatic carbocycles. The number of nitrogens with one attached hydrogen (secondary N) is 1. The molecule has 8 heteroatoms. The monoisotopic (exact) mass is 434 g/mol. The minimum atomic E-state index is -1.06. The van der Waals surface area contributed by atoms with E-state index >= 15 is 0 Å². The van der Waals surface area contributed by atoms with E-state index in [0.29, 0.717) is 10.6 Å². The molecule has 1 amide bonds. The molecule has 0 spiro atoms. The molecule has 0 aliphatic carbocycles. The average Bonchev–Trinajstić information content (AvgIpc) is 3.11. The van der Waals surface area contributed by atoms with Crippen LogP contribution >= 0.6 is 34.5 Å². The van der Waals surface area contributed by atoms with Crippen molar-refractivity contribution >= 4 is 46.4 Å². The molecule has 28 heavy (non-hydrogen) atoms. The summed E-state index contributed by atoms with van der Waals surface area (Å²) in [6, 6.07) is 11.7. The van der Waals surface area contributed by atoms with E-state index in [1.165, 1.54) is 17.4 Å². The minimum absolute atomic E-state index is 0.226. The van der Waals surface area contributed by atoms with Crippen LogP contribution in [0, 0.1) is 6.92 Å². The molecule has 0 aliphatic heterocycles. The second kappa shape index (κ2) is 8.73. The second-order valence-electron chi connectivity index (χ2n) is 6.14. The Bertz CT molecular complexity index is 1040. The van der Waals surface area contributed by atoms with Crippen LogP contribution in [0.15, 0.2) is 47.8 Å². The van der Waals surface area contributed by atoms with Crippen LogP contribution < -0.4 is 5.32 Å². The summed E-state index contributed by atoms with van der Waals surface area (Å²) in [4.78, 5) is 28.4. The van der Waals surface area contributed by atoms with Crippen molar-refractivity contribution in [3.63, 3.8) is 0 Å². The molecule has 0 fully saturated rings. The van der Waals surface area contributed by atoms with Gasteiger partial charge in [0, 0.05) is 21.0 Å². The van der Waals surface area contributed by atoms with Crippen LogP contribution in [-0.4, -0.2) is 22.0 Å². The Morgan fingerprint density at radius 2 is 1.96 bits per heavy atom. The lowest BCUT2D eigenvalue weighted by Gasteiger charge is -2.18. The summed E-state index contributed by atoms with van der Waals surface area (Å²) in [6.45, 7) is 1.97. The molecule has 1 atom stereocenters. The standard InChI is InChI=1S/C20H16Cl2N2O3S/c1-11-4-2-3-5-13(11)20-24-17(10-28-20)19(27)23-16(9-18(25)26)14-7-6-12(21)8-15(14)22/h2-8,10,16H,9H2,1H3,(H,23,27)(H,25,26)/t16-/m0/s1. The highest BCUT2D eigenvalue weighted by atomic mass is 35.5. The van der Waals surface area contributed by atoms with Crippen molar-refractivity contribution in [2.45, 2.75) is 19.4 Å². The number of thiazole rings is 1. The minimum Gasteiger partial charge on any atom is -0.481 e. The zero-order valence-corrected chi connectivity index (χ0v) is 17.1. The normalized spacial score (nSPS) is 11.8. The molecule has 0 bridgehead atoms. The van der Waals surface area contributed by atoms with E-state index < -0.39 is 17.9 Å². The van der Waals surface area contributed by atoms with E-state index in [1.54, 1.807) is 17.5 Å². The molecule has 0 radical (unpaired) electrons. The number of carbonyl (C=O) groups excluding carboxylic acids is 1. The molecular weight excluding hydrogens is 419 g/mol. The number of rotatable bonds is 6. The van der Waals surface area contributed by atoms with Gasteiger partial charge in [0.25, 0.3) is 5.91 Å². The van der Waals surface area contributed by atoms with Gasteiger partial charge in [-0.2, -0.15) is 0 Å². The number of hydrogen-bond acceptors (Lipinski definition) is 4. The third-order valence-corrected chi connectivity index (χ3v) is 5.57. The predicted molar refractivity (Wildman–Crippen MR) is 111 cm³/mol. The summed E-state index contributed by atoms with van der Waals surface area (Å²) in [5.41, 5.74) is 2.72. The first kappa shape index (κ1) is 20.3. The van der Waals surface area contributed by atoms with E-state index in [-0.39, 0.29) is 17.1 Å². The van der Waals surface area contributed by atoms with Gasteiger partial charge in [-0.15, -0.1) is 11.3 Å². The van der Waals surface area contributed by atoms with Gasteiger partial charge in [0.15, 0.2) is 0 Å². The van der Waals surface area contributed by atoms with Gasteiger partial charge in [-0.05, 0) is 30.2 Å². The Morgan fingerprint density at radius 3 is 2.64 bits per heavy atom.